The molecule has 2 N–H and O–H groups in total. The fourth-order valence-corrected chi connectivity index (χ4v) is 2.04. The van der Waals surface area contributed by atoms with E-state index in [-0.39, 0.29) is 17.5 Å². The lowest BCUT2D eigenvalue weighted by Crippen LogP contribution is -2.50. The van der Waals surface area contributed by atoms with Crippen molar-refractivity contribution in [2.45, 2.75) is 71.4 Å². The molecule has 0 bridgehead atoms. The normalized spacial score (nSPS) is 17.4. The Kier molecular flexibility index (Phi) is 5.86. The molecule has 0 aromatic rings. The molecule has 0 saturated heterocycles. The van der Waals surface area contributed by atoms with Gasteiger partial charge in [-0.05, 0) is 59.4 Å². The van der Waals surface area contributed by atoms with Gasteiger partial charge >= 0.3 is 0 Å². The van der Waals surface area contributed by atoms with E-state index in [0.29, 0.717) is 0 Å². The van der Waals surface area contributed by atoms with E-state index in [1.165, 1.54) is 19.3 Å². The highest BCUT2D eigenvalue weighted by Gasteiger charge is 2.21. The van der Waals surface area contributed by atoms with Gasteiger partial charge in [0, 0.05) is 5.54 Å². The van der Waals surface area contributed by atoms with E-state index in [1.54, 1.807) is 5.57 Å². The van der Waals surface area contributed by atoms with Crippen molar-refractivity contribution in [2.75, 3.05) is 6.54 Å². The molecule has 1 unspecified atom stereocenters. The Bertz CT molecular complexity index is 308. The zero-order chi connectivity index (χ0) is 13.6. The van der Waals surface area contributed by atoms with Crippen LogP contribution in [0.4, 0.5) is 0 Å². The third-order valence-corrected chi connectivity index (χ3v) is 3.77. The second-order valence-corrected chi connectivity index (χ2v) is 5.91. The van der Waals surface area contributed by atoms with Crippen molar-refractivity contribution in [3.05, 3.63) is 11.6 Å². The predicted octanol–water partition coefficient (Wildman–Crippen LogP) is 2.77. The van der Waals surface area contributed by atoms with Crippen LogP contribution in [0.1, 0.15) is 59.8 Å². The molecule has 104 valence electrons. The zero-order valence-electron chi connectivity index (χ0n) is 12.3. The van der Waals surface area contributed by atoms with Crippen LogP contribution in [0.5, 0.6) is 0 Å². The quantitative estimate of drug-likeness (QED) is 0.684. The average molecular weight is 252 g/mol. The Morgan fingerprint density at radius 1 is 1.50 bits per heavy atom. The number of carbonyl (C=O) groups is 1. The van der Waals surface area contributed by atoms with Crippen molar-refractivity contribution in [2.24, 2.45) is 0 Å². The third-order valence-electron chi connectivity index (χ3n) is 3.77. The van der Waals surface area contributed by atoms with Crippen LogP contribution in [0.3, 0.4) is 0 Å². The molecule has 0 radical (unpaired) electrons. The molecule has 0 aromatic heterocycles. The van der Waals surface area contributed by atoms with Crippen molar-refractivity contribution in [3.63, 3.8) is 0 Å². The maximum atomic E-state index is 12.0. The maximum absolute atomic E-state index is 12.0. The fraction of sp³-hybridized carbons (Fsp3) is 0.800. The van der Waals surface area contributed by atoms with Crippen LogP contribution in [-0.2, 0) is 4.79 Å². The summed E-state index contributed by atoms with van der Waals surface area (Å²) in [5.41, 5.74) is 1.44. The minimum atomic E-state index is -0.113. The maximum Gasteiger partial charge on any atom is 0.237 e. The molecule has 0 aliphatic heterocycles. The predicted molar refractivity (Wildman–Crippen MR) is 76.5 cm³/mol. The largest absolute Gasteiger partial charge is 0.350 e. The first kappa shape index (κ1) is 15.2. The molecule has 1 aliphatic carbocycles. The van der Waals surface area contributed by atoms with E-state index in [9.17, 15) is 4.79 Å². The highest BCUT2D eigenvalue weighted by atomic mass is 16.2. The van der Waals surface area contributed by atoms with Crippen LogP contribution in [0.15, 0.2) is 11.6 Å². The summed E-state index contributed by atoms with van der Waals surface area (Å²) in [5.74, 6) is 0.0993. The number of amides is 1. The van der Waals surface area contributed by atoms with Gasteiger partial charge in [0.1, 0.15) is 0 Å². The molecule has 3 nitrogen and oxygen atoms in total. The highest BCUT2D eigenvalue weighted by molar-refractivity contribution is 5.81. The van der Waals surface area contributed by atoms with Gasteiger partial charge in [0.2, 0.25) is 5.91 Å². The minimum absolute atomic E-state index is 0.0993. The minimum Gasteiger partial charge on any atom is -0.350 e. The molecule has 0 fully saturated rings. The standard InChI is InChI=1S/C15H28N2O/c1-5-15(3,4)17-14(18)12(2)16-11-10-13-8-6-7-9-13/h8,12,16H,5-7,9-11H2,1-4H3,(H,17,18). The molecule has 18 heavy (non-hydrogen) atoms. The number of allylic oxidation sites excluding steroid dienone is 1. The Hall–Kier alpha value is -0.830. The summed E-state index contributed by atoms with van der Waals surface area (Å²) in [4.78, 5) is 12.0. The average Bonchev–Trinajstić information content (AvgIpc) is 2.81. The van der Waals surface area contributed by atoms with Crippen molar-refractivity contribution in [1.29, 1.82) is 0 Å². The molecule has 3 heteroatoms. The summed E-state index contributed by atoms with van der Waals surface area (Å²) >= 11 is 0. The highest BCUT2D eigenvalue weighted by Crippen LogP contribution is 2.19. The first-order valence-corrected chi connectivity index (χ1v) is 7.18. The lowest BCUT2D eigenvalue weighted by atomic mass is 10.0. The van der Waals surface area contributed by atoms with E-state index in [0.717, 1.165) is 19.4 Å². The van der Waals surface area contributed by atoms with Crippen LogP contribution in [0.25, 0.3) is 0 Å². The lowest BCUT2D eigenvalue weighted by Gasteiger charge is -2.26. The topological polar surface area (TPSA) is 41.1 Å². The number of rotatable bonds is 7. The second kappa shape index (κ2) is 6.93. The molecular formula is C15H28N2O. The van der Waals surface area contributed by atoms with Crippen LogP contribution in [0.2, 0.25) is 0 Å². The lowest BCUT2D eigenvalue weighted by molar-refractivity contribution is -0.124. The van der Waals surface area contributed by atoms with E-state index in [1.807, 2.05) is 6.92 Å². The monoisotopic (exact) mass is 252 g/mol. The fourth-order valence-electron chi connectivity index (χ4n) is 2.04. The van der Waals surface area contributed by atoms with Crippen molar-refractivity contribution < 1.29 is 4.79 Å². The molecule has 0 aromatic carbocycles. The molecule has 1 amide bonds. The van der Waals surface area contributed by atoms with E-state index in [4.69, 9.17) is 0 Å². The van der Waals surface area contributed by atoms with E-state index < -0.39 is 0 Å². The van der Waals surface area contributed by atoms with Gasteiger partial charge in [0.15, 0.2) is 0 Å². The molecule has 1 atom stereocenters. The Labute approximate surface area is 111 Å². The van der Waals surface area contributed by atoms with Gasteiger partial charge in [-0.15, -0.1) is 0 Å². The first-order chi connectivity index (χ1) is 8.44. The van der Waals surface area contributed by atoms with E-state index >= 15 is 0 Å². The summed E-state index contributed by atoms with van der Waals surface area (Å²) in [6.45, 7) is 9.03. The van der Waals surface area contributed by atoms with Crippen molar-refractivity contribution in [3.8, 4) is 0 Å². The third kappa shape index (κ3) is 5.21. The molecule has 1 aliphatic rings. The summed E-state index contributed by atoms with van der Waals surface area (Å²) in [7, 11) is 0. The van der Waals surface area contributed by atoms with Gasteiger partial charge in [-0.2, -0.15) is 0 Å². The van der Waals surface area contributed by atoms with Gasteiger partial charge < -0.3 is 10.6 Å². The Morgan fingerprint density at radius 3 is 2.78 bits per heavy atom. The van der Waals surface area contributed by atoms with Gasteiger partial charge in [0.05, 0.1) is 6.04 Å². The summed E-state index contributed by atoms with van der Waals surface area (Å²) in [5, 5.41) is 6.37. The van der Waals surface area contributed by atoms with Crippen LogP contribution < -0.4 is 10.6 Å². The van der Waals surface area contributed by atoms with Gasteiger partial charge in [-0.3, -0.25) is 4.79 Å². The number of hydrogen-bond donors (Lipinski definition) is 2. The van der Waals surface area contributed by atoms with Crippen LogP contribution in [0, 0.1) is 0 Å². The summed E-state index contributed by atoms with van der Waals surface area (Å²) in [6.07, 6.45) is 8.14. The van der Waals surface area contributed by atoms with Crippen LogP contribution >= 0.6 is 0 Å². The number of hydrogen-bond acceptors (Lipinski definition) is 2. The zero-order valence-corrected chi connectivity index (χ0v) is 12.3. The van der Waals surface area contributed by atoms with Crippen molar-refractivity contribution >= 4 is 5.91 Å². The SMILES string of the molecule is CCC(C)(C)NC(=O)C(C)NCCC1=CCCC1. The molecule has 0 spiro atoms. The molecular weight excluding hydrogens is 224 g/mol. The summed E-state index contributed by atoms with van der Waals surface area (Å²) in [6, 6.07) is -0.113. The number of nitrogens with one attached hydrogen (secondary N) is 2. The summed E-state index contributed by atoms with van der Waals surface area (Å²) < 4.78 is 0. The van der Waals surface area contributed by atoms with Gasteiger partial charge in [-0.1, -0.05) is 18.6 Å². The van der Waals surface area contributed by atoms with Gasteiger partial charge in [-0.25, -0.2) is 0 Å². The van der Waals surface area contributed by atoms with Crippen molar-refractivity contribution in [1.82, 2.24) is 10.6 Å². The van der Waals surface area contributed by atoms with E-state index in [2.05, 4.69) is 37.5 Å². The molecule has 0 saturated carbocycles. The van der Waals surface area contributed by atoms with Crippen LogP contribution in [-0.4, -0.2) is 24.0 Å². The van der Waals surface area contributed by atoms with Gasteiger partial charge in [0.25, 0.3) is 0 Å². The molecule has 1 rings (SSSR count). The number of carbonyl (C=O) groups excluding carboxylic acids is 1. The first-order valence-electron chi connectivity index (χ1n) is 7.18. The Morgan fingerprint density at radius 2 is 2.22 bits per heavy atom. The molecule has 0 heterocycles. The smallest absolute Gasteiger partial charge is 0.237 e. The Balaban J connectivity index is 2.23. The second-order valence-electron chi connectivity index (χ2n) is 5.91.